The van der Waals surface area contributed by atoms with Crippen molar-refractivity contribution in [2.45, 2.75) is 5.92 Å². The molecule has 3 nitrogen and oxygen atoms in total. The first-order valence-electron chi connectivity index (χ1n) is 5.23. The molecule has 0 spiro atoms. The molecule has 0 amide bonds. The highest BCUT2D eigenvalue weighted by atomic mass is 32.2. The third kappa shape index (κ3) is 1.69. The van der Waals surface area contributed by atoms with E-state index < -0.39 is 0 Å². The lowest BCUT2D eigenvalue weighted by Gasteiger charge is -2.25. The summed E-state index contributed by atoms with van der Waals surface area (Å²) in [6, 6.07) is 10.2. The molecular weight excluding hydrogens is 220 g/mol. The number of nitrogens with two attached hydrogens (primary N) is 1. The Kier molecular flexibility index (Phi) is 2.36. The fourth-order valence-electron chi connectivity index (χ4n) is 1.81. The maximum Gasteiger partial charge on any atom is 0.222 e. The van der Waals surface area contributed by atoms with Crippen LogP contribution in [-0.2, 0) is 0 Å². The Labute approximate surface area is 98.0 Å². The highest BCUT2D eigenvalue weighted by molar-refractivity contribution is 8.00. The predicted octanol–water partition coefficient (Wildman–Crippen LogP) is 2.75. The van der Waals surface area contributed by atoms with Crippen LogP contribution in [0.15, 0.2) is 34.9 Å². The number of rotatable bonds is 2. The van der Waals surface area contributed by atoms with Crippen molar-refractivity contribution in [3.05, 3.63) is 35.9 Å². The Bertz CT molecular complexity index is 505. The van der Waals surface area contributed by atoms with Gasteiger partial charge in [0.05, 0.1) is 0 Å². The number of nitrogens with zero attached hydrogens (tertiary/aromatic N) is 1. The van der Waals surface area contributed by atoms with Crippen molar-refractivity contribution in [2.75, 3.05) is 17.2 Å². The average Bonchev–Trinajstić information content (AvgIpc) is 2.63. The number of thioether (sulfide) groups is 1. The summed E-state index contributed by atoms with van der Waals surface area (Å²) in [7, 11) is 0. The third-order valence-corrected chi connectivity index (χ3v) is 4.10. The van der Waals surface area contributed by atoms with Crippen LogP contribution in [0.5, 0.6) is 0 Å². The zero-order valence-electron chi connectivity index (χ0n) is 8.72. The monoisotopic (exact) mass is 232 g/mol. The van der Waals surface area contributed by atoms with Gasteiger partial charge in [0.15, 0.2) is 0 Å². The van der Waals surface area contributed by atoms with Gasteiger partial charge in [-0.1, -0.05) is 23.4 Å². The lowest BCUT2D eigenvalue weighted by atomic mass is 9.99. The van der Waals surface area contributed by atoms with Crippen molar-refractivity contribution in [2.24, 2.45) is 0 Å². The molecular formula is C12H12N2OS. The Morgan fingerprint density at radius 3 is 2.81 bits per heavy atom. The van der Waals surface area contributed by atoms with Crippen LogP contribution in [-0.4, -0.2) is 16.7 Å². The van der Waals surface area contributed by atoms with Crippen LogP contribution < -0.4 is 5.73 Å². The van der Waals surface area contributed by atoms with Gasteiger partial charge in [-0.05, 0) is 11.6 Å². The van der Waals surface area contributed by atoms with E-state index in [0.717, 1.165) is 11.3 Å². The number of benzene rings is 1. The van der Waals surface area contributed by atoms with Crippen molar-refractivity contribution in [1.82, 2.24) is 5.16 Å². The van der Waals surface area contributed by atoms with Crippen LogP contribution in [0.2, 0.25) is 0 Å². The summed E-state index contributed by atoms with van der Waals surface area (Å²) in [5.41, 5.74) is 8.80. The number of anilines is 1. The van der Waals surface area contributed by atoms with Crippen molar-refractivity contribution in [1.29, 1.82) is 0 Å². The molecule has 0 bridgehead atoms. The number of hydrogen-bond acceptors (Lipinski definition) is 4. The third-order valence-electron chi connectivity index (χ3n) is 2.82. The molecule has 1 fully saturated rings. The first-order valence-corrected chi connectivity index (χ1v) is 6.38. The molecule has 1 aliphatic rings. The van der Waals surface area contributed by atoms with E-state index in [-0.39, 0.29) is 0 Å². The summed E-state index contributed by atoms with van der Waals surface area (Å²) >= 11 is 1.99. The first kappa shape index (κ1) is 9.78. The quantitative estimate of drug-likeness (QED) is 0.865. The van der Waals surface area contributed by atoms with Gasteiger partial charge in [-0.2, -0.15) is 11.8 Å². The first-order chi connectivity index (χ1) is 7.83. The van der Waals surface area contributed by atoms with Gasteiger partial charge in [0, 0.05) is 29.1 Å². The van der Waals surface area contributed by atoms with Gasteiger partial charge in [0.1, 0.15) is 5.69 Å². The van der Waals surface area contributed by atoms with E-state index in [9.17, 15) is 0 Å². The minimum absolute atomic E-state index is 0.361. The van der Waals surface area contributed by atoms with Crippen LogP contribution in [0.3, 0.4) is 0 Å². The van der Waals surface area contributed by atoms with E-state index in [1.54, 1.807) is 6.07 Å². The summed E-state index contributed by atoms with van der Waals surface area (Å²) in [5.74, 6) is 3.52. The number of aromatic nitrogens is 1. The van der Waals surface area contributed by atoms with E-state index in [1.165, 1.54) is 17.1 Å². The smallest absolute Gasteiger partial charge is 0.222 e. The molecule has 1 aromatic carbocycles. The molecule has 1 aliphatic heterocycles. The maximum atomic E-state index is 5.52. The molecule has 0 saturated carbocycles. The molecule has 2 N–H and O–H groups in total. The summed E-state index contributed by atoms with van der Waals surface area (Å²) in [6.07, 6.45) is 0. The van der Waals surface area contributed by atoms with Gasteiger partial charge in [0.25, 0.3) is 0 Å². The molecule has 16 heavy (non-hydrogen) atoms. The Balaban J connectivity index is 1.95. The van der Waals surface area contributed by atoms with Gasteiger partial charge in [-0.15, -0.1) is 0 Å². The summed E-state index contributed by atoms with van der Waals surface area (Å²) in [5, 5.41) is 3.93. The fraction of sp³-hybridized carbons (Fsp3) is 0.250. The number of nitrogen functional groups attached to an aromatic ring is 1. The Morgan fingerprint density at radius 2 is 2.19 bits per heavy atom. The molecule has 82 valence electrons. The highest BCUT2D eigenvalue weighted by Gasteiger charge is 2.20. The summed E-state index contributed by atoms with van der Waals surface area (Å²) in [4.78, 5) is 0. The molecule has 2 heterocycles. The number of hydrogen-bond donors (Lipinski definition) is 1. The lowest BCUT2D eigenvalue weighted by molar-refractivity contribution is 0.439. The zero-order valence-corrected chi connectivity index (χ0v) is 9.54. The Morgan fingerprint density at radius 1 is 1.31 bits per heavy atom. The van der Waals surface area contributed by atoms with E-state index in [2.05, 4.69) is 23.4 Å². The van der Waals surface area contributed by atoms with Gasteiger partial charge in [0.2, 0.25) is 5.88 Å². The highest BCUT2D eigenvalue weighted by Crippen LogP contribution is 2.35. The van der Waals surface area contributed by atoms with Crippen LogP contribution in [0.4, 0.5) is 5.88 Å². The van der Waals surface area contributed by atoms with E-state index >= 15 is 0 Å². The fourth-order valence-corrected chi connectivity index (χ4v) is 2.66. The molecule has 1 saturated heterocycles. The van der Waals surface area contributed by atoms with Crippen LogP contribution >= 0.6 is 11.8 Å². The van der Waals surface area contributed by atoms with E-state index in [1.807, 2.05) is 17.8 Å². The van der Waals surface area contributed by atoms with Gasteiger partial charge < -0.3 is 10.3 Å². The van der Waals surface area contributed by atoms with Crippen molar-refractivity contribution in [3.63, 3.8) is 0 Å². The van der Waals surface area contributed by atoms with E-state index in [4.69, 9.17) is 10.3 Å². The normalized spacial score (nSPS) is 16.0. The predicted molar refractivity (Wildman–Crippen MR) is 66.4 cm³/mol. The maximum absolute atomic E-state index is 5.52. The van der Waals surface area contributed by atoms with E-state index in [0.29, 0.717) is 11.8 Å². The molecule has 0 radical (unpaired) electrons. The lowest BCUT2D eigenvalue weighted by Crippen LogP contribution is -2.15. The second kappa shape index (κ2) is 3.87. The average molecular weight is 232 g/mol. The van der Waals surface area contributed by atoms with Crippen LogP contribution in [0.25, 0.3) is 11.3 Å². The minimum atomic E-state index is 0.361. The molecule has 0 atom stereocenters. The van der Waals surface area contributed by atoms with Gasteiger partial charge in [-0.25, -0.2) is 0 Å². The standard InChI is InChI=1S/C12H12N2OS/c13-12-5-11(14-15-12)9-3-1-2-8(4-9)10-6-16-7-10/h1-5,10H,6-7,13H2. The SMILES string of the molecule is Nc1cc(-c2cccc(C3CSC3)c2)no1. The second-order valence-electron chi connectivity index (χ2n) is 3.97. The molecule has 3 rings (SSSR count). The molecule has 4 heteroatoms. The molecule has 2 aromatic rings. The summed E-state index contributed by atoms with van der Waals surface area (Å²) in [6.45, 7) is 0. The van der Waals surface area contributed by atoms with Gasteiger partial charge >= 0.3 is 0 Å². The molecule has 0 unspecified atom stereocenters. The van der Waals surface area contributed by atoms with Gasteiger partial charge in [-0.3, -0.25) is 0 Å². The Hall–Kier alpha value is -1.42. The van der Waals surface area contributed by atoms with Crippen LogP contribution in [0, 0.1) is 0 Å². The van der Waals surface area contributed by atoms with Crippen LogP contribution in [0.1, 0.15) is 11.5 Å². The topological polar surface area (TPSA) is 52.0 Å². The summed E-state index contributed by atoms with van der Waals surface area (Å²) < 4.78 is 4.88. The second-order valence-corrected chi connectivity index (χ2v) is 5.05. The zero-order chi connectivity index (χ0) is 11.0. The van der Waals surface area contributed by atoms with Crippen molar-refractivity contribution < 1.29 is 4.52 Å². The van der Waals surface area contributed by atoms with Crippen molar-refractivity contribution >= 4 is 17.6 Å². The molecule has 1 aromatic heterocycles. The largest absolute Gasteiger partial charge is 0.368 e. The van der Waals surface area contributed by atoms with Crippen molar-refractivity contribution in [3.8, 4) is 11.3 Å². The molecule has 0 aliphatic carbocycles. The minimum Gasteiger partial charge on any atom is -0.368 e.